The topological polar surface area (TPSA) is 159 Å². The molecule has 14 heteroatoms. The number of piperidine rings is 1. The minimum atomic E-state index is -0.606. The summed E-state index contributed by atoms with van der Waals surface area (Å²) in [6.07, 6.45) is 2.56. The van der Waals surface area contributed by atoms with Crippen LogP contribution in [0.2, 0.25) is 0 Å². The first-order valence-corrected chi connectivity index (χ1v) is 16.9. The van der Waals surface area contributed by atoms with E-state index in [1.807, 2.05) is 44.2 Å². The summed E-state index contributed by atoms with van der Waals surface area (Å²) in [6, 6.07) is 8.63. The molecule has 4 heterocycles. The van der Waals surface area contributed by atoms with Crippen LogP contribution in [0.3, 0.4) is 0 Å². The van der Waals surface area contributed by atoms with Crippen molar-refractivity contribution in [1.82, 2.24) is 36.1 Å². The monoisotopic (exact) mass is 685 g/mol. The summed E-state index contributed by atoms with van der Waals surface area (Å²) < 4.78 is 6.01. The number of fused-ring (bicyclic) bond motifs is 4. The largest absolute Gasteiger partial charge is 0.443 e. The van der Waals surface area contributed by atoms with E-state index in [-0.39, 0.29) is 72.2 Å². The Kier molecular flexibility index (Phi) is 12.9. The summed E-state index contributed by atoms with van der Waals surface area (Å²) in [7, 11) is 0. The zero-order chi connectivity index (χ0) is 32.6. The Morgan fingerprint density at radius 1 is 1.02 bits per heavy atom. The van der Waals surface area contributed by atoms with Crippen LogP contribution in [0.4, 0.5) is 0 Å². The predicted octanol–water partition coefficient (Wildman–Crippen LogP) is 3.74. The number of aryl methyl sites for hydroxylation is 1. The van der Waals surface area contributed by atoms with Crippen molar-refractivity contribution in [2.75, 3.05) is 32.7 Å². The molecule has 0 saturated carbocycles. The summed E-state index contributed by atoms with van der Waals surface area (Å²) in [4.78, 5) is 64.2. The number of benzene rings is 1. The molecule has 0 radical (unpaired) electrons. The van der Waals surface area contributed by atoms with Crippen molar-refractivity contribution >= 4 is 47.4 Å². The van der Waals surface area contributed by atoms with Crippen molar-refractivity contribution in [2.24, 2.45) is 11.8 Å². The zero-order valence-electron chi connectivity index (χ0n) is 27.0. The molecule has 2 aromatic heterocycles. The van der Waals surface area contributed by atoms with Gasteiger partial charge in [0.05, 0.1) is 6.04 Å². The number of halogens is 1. The van der Waals surface area contributed by atoms with Crippen LogP contribution < -0.4 is 21.3 Å². The average molecular weight is 686 g/mol. The molecule has 4 bridgehead atoms. The summed E-state index contributed by atoms with van der Waals surface area (Å²) in [6.45, 7) is 8.14. The lowest BCUT2D eigenvalue weighted by molar-refractivity contribution is -0.136. The van der Waals surface area contributed by atoms with Gasteiger partial charge in [-0.05, 0) is 50.8 Å². The molecular weight excluding hydrogens is 642 g/mol. The second-order valence-electron chi connectivity index (χ2n) is 12.2. The molecule has 47 heavy (non-hydrogen) atoms. The number of carbonyl (C=O) groups is 4. The van der Waals surface area contributed by atoms with Crippen molar-refractivity contribution < 1.29 is 23.6 Å². The highest BCUT2D eigenvalue weighted by atomic mass is 35.5. The van der Waals surface area contributed by atoms with Crippen LogP contribution in [-0.2, 0) is 16.0 Å². The molecule has 2 aliphatic heterocycles. The minimum Gasteiger partial charge on any atom is -0.443 e. The molecule has 12 nitrogen and oxygen atoms in total. The normalized spacial score (nSPS) is 20.5. The van der Waals surface area contributed by atoms with Crippen molar-refractivity contribution in [2.45, 2.75) is 65.0 Å². The van der Waals surface area contributed by atoms with Gasteiger partial charge in [0.25, 0.3) is 11.8 Å². The maximum atomic E-state index is 13.5. The van der Waals surface area contributed by atoms with Gasteiger partial charge in [-0.1, -0.05) is 44.2 Å². The van der Waals surface area contributed by atoms with E-state index in [9.17, 15) is 19.2 Å². The molecule has 0 aliphatic carbocycles. The van der Waals surface area contributed by atoms with Crippen LogP contribution in [0.5, 0.6) is 0 Å². The van der Waals surface area contributed by atoms with Crippen LogP contribution in [0.15, 0.2) is 40.1 Å². The van der Waals surface area contributed by atoms with Gasteiger partial charge >= 0.3 is 0 Å². The van der Waals surface area contributed by atoms with E-state index in [1.165, 1.54) is 11.3 Å². The van der Waals surface area contributed by atoms with Crippen molar-refractivity contribution in [3.8, 4) is 0 Å². The van der Waals surface area contributed by atoms with Gasteiger partial charge in [-0.2, -0.15) is 0 Å². The molecular formula is C33H44ClN7O5S. The summed E-state index contributed by atoms with van der Waals surface area (Å²) in [5.74, 6) is -0.474. The van der Waals surface area contributed by atoms with E-state index in [0.29, 0.717) is 36.7 Å². The van der Waals surface area contributed by atoms with Crippen LogP contribution in [0, 0.1) is 18.8 Å². The highest BCUT2D eigenvalue weighted by molar-refractivity contribution is 7.09. The number of carbonyl (C=O) groups excluding carboxylic acids is 4. The Hall–Kier alpha value is -3.81. The molecule has 2 aliphatic rings. The fourth-order valence-electron chi connectivity index (χ4n) is 5.84. The Bertz CT molecular complexity index is 1520. The molecule has 4 amide bonds. The summed E-state index contributed by atoms with van der Waals surface area (Å²) in [5.41, 5.74) is 1.36. The minimum absolute atomic E-state index is 0. The van der Waals surface area contributed by atoms with E-state index in [0.717, 1.165) is 31.5 Å². The molecule has 1 fully saturated rings. The van der Waals surface area contributed by atoms with Gasteiger partial charge in [-0.15, -0.1) is 23.7 Å². The Balaban J connectivity index is 0.00000500. The molecule has 1 aromatic carbocycles. The molecule has 0 unspecified atom stereocenters. The standard InChI is InChI=1S/C33H43N7O5S.ClH/c1-20(2)27-32-37-25(19-46-32)29(42)35-15-17-40(33(44)23-11-13-34-14-12-23)16-7-10-26(41)36-24(18-22-8-5-4-6-9-22)31-39-28(21(3)45-31)30(43)38-27;/h4-6,8-9,19-20,23-24,27,34H,7,10-18H2,1-3H3,(H,35,42)(H,36,41)(H,38,43);1H/t24-,27-;/m0./s1. The molecule has 4 N–H and O–H groups in total. The van der Waals surface area contributed by atoms with Crippen LogP contribution in [-0.4, -0.2) is 71.2 Å². The lowest BCUT2D eigenvalue weighted by atomic mass is 9.96. The van der Waals surface area contributed by atoms with Crippen LogP contribution >= 0.6 is 23.7 Å². The molecule has 0 spiro atoms. The number of oxazole rings is 1. The maximum Gasteiger partial charge on any atom is 0.274 e. The first-order chi connectivity index (χ1) is 22.2. The second-order valence-corrected chi connectivity index (χ2v) is 13.1. The summed E-state index contributed by atoms with van der Waals surface area (Å²) in [5, 5.41) is 14.6. The lowest BCUT2D eigenvalue weighted by Gasteiger charge is -2.30. The molecule has 5 rings (SSSR count). The van der Waals surface area contributed by atoms with Gasteiger partial charge in [-0.25, -0.2) is 9.97 Å². The smallest absolute Gasteiger partial charge is 0.274 e. The lowest BCUT2D eigenvalue weighted by Crippen LogP contribution is -2.44. The molecule has 1 saturated heterocycles. The number of hydrogen-bond acceptors (Lipinski definition) is 9. The fourth-order valence-corrected chi connectivity index (χ4v) is 6.86. The van der Waals surface area contributed by atoms with E-state index < -0.39 is 18.0 Å². The molecule has 2 atom stereocenters. The number of hydrogen-bond donors (Lipinski definition) is 4. The number of thiazole rings is 1. The number of nitrogens with one attached hydrogen (secondary N) is 4. The fraction of sp³-hybridized carbons (Fsp3) is 0.515. The third kappa shape index (κ3) is 9.39. The number of nitrogens with zero attached hydrogens (tertiary/aromatic N) is 3. The van der Waals surface area contributed by atoms with Gasteiger partial charge < -0.3 is 30.6 Å². The highest BCUT2D eigenvalue weighted by Gasteiger charge is 2.30. The van der Waals surface area contributed by atoms with E-state index in [4.69, 9.17) is 4.42 Å². The van der Waals surface area contributed by atoms with E-state index in [1.54, 1.807) is 17.2 Å². The molecule has 254 valence electrons. The quantitative estimate of drug-likeness (QED) is 0.323. The van der Waals surface area contributed by atoms with Crippen molar-refractivity contribution in [1.29, 1.82) is 0 Å². The third-order valence-electron chi connectivity index (χ3n) is 8.42. The number of amides is 4. The van der Waals surface area contributed by atoms with Gasteiger partial charge in [0.1, 0.15) is 22.5 Å². The second kappa shape index (κ2) is 16.8. The first-order valence-electron chi connectivity index (χ1n) is 16.0. The Morgan fingerprint density at radius 2 is 1.77 bits per heavy atom. The highest BCUT2D eigenvalue weighted by Crippen LogP contribution is 2.27. The third-order valence-corrected chi connectivity index (χ3v) is 9.35. The predicted molar refractivity (Wildman–Crippen MR) is 180 cm³/mol. The van der Waals surface area contributed by atoms with Crippen molar-refractivity contribution in [3.05, 3.63) is 69.3 Å². The van der Waals surface area contributed by atoms with Crippen LogP contribution in [0.1, 0.15) is 94.8 Å². The maximum absolute atomic E-state index is 13.5. The van der Waals surface area contributed by atoms with Crippen molar-refractivity contribution in [3.63, 3.8) is 0 Å². The summed E-state index contributed by atoms with van der Waals surface area (Å²) >= 11 is 1.30. The van der Waals surface area contributed by atoms with E-state index in [2.05, 4.69) is 31.2 Å². The van der Waals surface area contributed by atoms with Gasteiger partial charge in [0, 0.05) is 43.8 Å². The van der Waals surface area contributed by atoms with Gasteiger partial charge in [0.15, 0.2) is 5.69 Å². The first kappa shape index (κ1) is 36.0. The van der Waals surface area contributed by atoms with Gasteiger partial charge in [0.2, 0.25) is 17.7 Å². The SMILES string of the molecule is Cc1oc2nc1C(=O)N[C@@H](C(C)C)c1nc(cs1)C(=O)NCCN(C(=O)C1CCNCC1)CCCC(=O)N[C@H]2Cc1ccccc1.Cl. The Morgan fingerprint density at radius 3 is 2.49 bits per heavy atom. The number of aromatic nitrogens is 2. The van der Waals surface area contributed by atoms with Crippen LogP contribution in [0.25, 0.3) is 0 Å². The zero-order valence-corrected chi connectivity index (χ0v) is 28.7. The van der Waals surface area contributed by atoms with E-state index >= 15 is 0 Å². The Labute approximate surface area is 285 Å². The van der Waals surface area contributed by atoms with Gasteiger partial charge in [-0.3, -0.25) is 19.2 Å². The average Bonchev–Trinajstić information content (AvgIpc) is 3.70. The number of rotatable bonds is 4. The molecule has 3 aromatic rings.